The standard InChI is InChI=1S/C22H15F3N2O6S.C21H17N3O4S2.C20H14ClFN4O3S/c23-22(24,25)33-17-6-3-15(28)10-20(17)34(30,31)16-4-1-13(2-5-16)11-27-21(29)18-9-14-7-8-26-12-19(14)32-18;1-28-16-4-7-20(23-12-16)30(26,27)17-5-2-14(3-6-17)11-24-21(25)18-10-15-8-9-22-13-19(15)29-18;21-16-2-1-3-17(18(16)22)30(28,29)15-6-4-13(5-7-15)10-24-19(27)14-11-25-20-23-8-9-26(20)12-14/h1-10,12,28H,11H2,(H,27,29);2-10,12-13H,11H2,1H3,(H,24,25);1-9,11-12H,10H2,(H,24,27). The number of carbonyl (C=O) groups is 3. The van der Waals surface area contributed by atoms with Crippen LogP contribution in [0, 0.1) is 5.82 Å². The van der Waals surface area contributed by atoms with E-state index in [9.17, 15) is 62.3 Å². The number of carbonyl (C=O) groups excluding carboxylic acids is 3. The molecule has 7 aromatic heterocycles. The molecular formula is C63H46ClF4N9O13S4. The summed E-state index contributed by atoms with van der Waals surface area (Å²) in [7, 11) is -10.8. The lowest BCUT2D eigenvalue weighted by Crippen LogP contribution is -2.23. The third kappa shape index (κ3) is 15.6. The summed E-state index contributed by atoms with van der Waals surface area (Å²) in [6.45, 7) is 0.488. The van der Waals surface area contributed by atoms with E-state index in [1.165, 1.54) is 104 Å². The highest BCUT2D eigenvalue weighted by molar-refractivity contribution is 7.92. The van der Waals surface area contributed by atoms with E-state index in [0.717, 1.165) is 27.8 Å². The second-order valence-electron chi connectivity index (χ2n) is 19.8. The largest absolute Gasteiger partial charge is 0.573 e. The van der Waals surface area contributed by atoms with Gasteiger partial charge < -0.3 is 34.9 Å². The minimum atomic E-state index is -5.13. The maximum absolute atomic E-state index is 14.1. The van der Waals surface area contributed by atoms with Crippen LogP contribution in [-0.2, 0) is 49.1 Å². The molecule has 12 aromatic rings. The topological polar surface area (TPSA) is 310 Å². The van der Waals surface area contributed by atoms with Gasteiger partial charge in [0.25, 0.3) is 17.7 Å². The first-order valence-corrected chi connectivity index (χ1v) is 32.9. The number of phenols is 1. The highest BCUT2D eigenvalue weighted by atomic mass is 35.5. The number of aromatic nitrogens is 6. The zero-order valence-corrected chi connectivity index (χ0v) is 52.2. The predicted octanol–water partition coefficient (Wildman–Crippen LogP) is 10.9. The second kappa shape index (κ2) is 28.1. The maximum atomic E-state index is 14.1. The number of thiophene rings is 1. The zero-order chi connectivity index (χ0) is 67.0. The lowest BCUT2D eigenvalue weighted by atomic mass is 10.2. The van der Waals surface area contributed by atoms with Gasteiger partial charge in [-0.25, -0.2) is 44.6 Å². The highest BCUT2D eigenvalue weighted by Crippen LogP contribution is 2.36. The predicted molar refractivity (Wildman–Crippen MR) is 333 cm³/mol. The summed E-state index contributed by atoms with van der Waals surface area (Å²) in [6.07, 6.45) is 8.98. The number of phenolic OH excluding ortho intramolecular Hbond substituents is 1. The second-order valence-corrected chi connectivity index (χ2v) is 27.0. The van der Waals surface area contributed by atoms with Crippen LogP contribution in [0.5, 0.6) is 17.2 Å². The van der Waals surface area contributed by atoms with Gasteiger partial charge in [0.05, 0.1) is 54.4 Å². The first-order chi connectivity index (χ1) is 44.9. The summed E-state index contributed by atoms with van der Waals surface area (Å²) in [6, 6.07) is 33.3. The van der Waals surface area contributed by atoms with Gasteiger partial charge in [-0.2, -0.15) is 0 Å². The highest BCUT2D eigenvalue weighted by Gasteiger charge is 2.35. The number of pyridine rings is 3. The fourth-order valence-corrected chi connectivity index (χ4v) is 13.8. The van der Waals surface area contributed by atoms with Gasteiger partial charge in [-0.1, -0.05) is 54.1 Å². The van der Waals surface area contributed by atoms with Crippen molar-refractivity contribution in [2.75, 3.05) is 7.11 Å². The SMILES string of the molecule is COc1ccc(S(=O)(=O)c2ccc(CNC(=O)c3cc4ccncc4s3)cc2)nc1.O=C(NCc1ccc(S(=O)(=O)c2cc(O)ccc2OC(F)(F)F)cc1)c1cc2ccncc2o1.O=C(NCc1ccc(S(=O)(=O)c2cccc(Cl)c2F)cc1)c1cnc2nccn2c1. The van der Waals surface area contributed by atoms with E-state index in [1.807, 2.05) is 12.1 Å². The van der Waals surface area contributed by atoms with E-state index in [4.69, 9.17) is 20.8 Å². The Morgan fingerprint density at radius 3 is 1.82 bits per heavy atom. The number of hydrogen-bond acceptors (Lipinski definition) is 19. The lowest BCUT2D eigenvalue weighted by Gasteiger charge is -2.14. The molecule has 31 heteroatoms. The number of sulfone groups is 3. The van der Waals surface area contributed by atoms with Gasteiger partial charge in [0.15, 0.2) is 22.2 Å². The minimum absolute atomic E-state index is 0.0308. The number of nitrogens with one attached hydrogen (secondary N) is 3. The first-order valence-electron chi connectivity index (χ1n) is 27.2. The number of rotatable bonds is 17. The molecule has 7 heterocycles. The third-order valence-corrected chi connectivity index (χ3v) is 20.2. The van der Waals surface area contributed by atoms with Gasteiger partial charge in [0.1, 0.15) is 27.0 Å². The maximum Gasteiger partial charge on any atom is 0.573 e. The average Bonchev–Trinajstić information content (AvgIpc) is 1.11. The van der Waals surface area contributed by atoms with Crippen LogP contribution in [0.15, 0.2) is 235 Å². The number of halogens is 5. The monoisotopic (exact) mass is 1380 g/mol. The summed E-state index contributed by atoms with van der Waals surface area (Å²) in [5.41, 5.74) is 2.78. The number of fused-ring (bicyclic) bond motifs is 3. The van der Waals surface area contributed by atoms with Crippen LogP contribution in [-0.4, -0.2) is 90.9 Å². The summed E-state index contributed by atoms with van der Waals surface area (Å²) in [5, 5.41) is 19.2. The Bertz CT molecular complexity index is 5080. The van der Waals surface area contributed by atoms with Crippen molar-refractivity contribution in [2.45, 2.75) is 55.5 Å². The van der Waals surface area contributed by atoms with Crippen LogP contribution in [0.3, 0.4) is 0 Å². The number of furan rings is 1. The van der Waals surface area contributed by atoms with Crippen molar-refractivity contribution in [1.82, 2.24) is 45.3 Å². The van der Waals surface area contributed by atoms with Gasteiger partial charge in [-0.3, -0.25) is 28.8 Å². The molecule has 0 aliphatic heterocycles. The number of methoxy groups -OCH3 is 1. The quantitative estimate of drug-likeness (QED) is 0.0616. The van der Waals surface area contributed by atoms with Crippen molar-refractivity contribution in [3.8, 4) is 17.2 Å². The molecule has 0 fully saturated rings. The van der Waals surface area contributed by atoms with Crippen molar-refractivity contribution < 1.29 is 76.2 Å². The molecule has 4 N–H and O–H groups in total. The van der Waals surface area contributed by atoms with E-state index in [1.54, 1.807) is 84.0 Å². The number of alkyl halides is 3. The molecule has 0 atom stereocenters. The van der Waals surface area contributed by atoms with Crippen LogP contribution in [0.1, 0.15) is 47.3 Å². The number of benzene rings is 5. The van der Waals surface area contributed by atoms with Crippen molar-refractivity contribution in [3.05, 3.63) is 245 Å². The molecule has 3 amide bonds. The van der Waals surface area contributed by atoms with Crippen LogP contribution in [0.25, 0.3) is 26.8 Å². The van der Waals surface area contributed by atoms with Gasteiger partial charge in [-0.15, -0.1) is 24.5 Å². The molecule has 0 saturated carbocycles. The zero-order valence-electron chi connectivity index (χ0n) is 48.2. The molecule has 480 valence electrons. The Morgan fingerprint density at radius 2 is 1.22 bits per heavy atom. The summed E-state index contributed by atoms with van der Waals surface area (Å²) < 4.78 is 146. The van der Waals surface area contributed by atoms with Gasteiger partial charge >= 0.3 is 6.36 Å². The van der Waals surface area contributed by atoms with E-state index in [0.29, 0.717) is 56.2 Å². The van der Waals surface area contributed by atoms with Crippen molar-refractivity contribution >= 4 is 97.0 Å². The molecule has 0 radical (unpaired) electrons. The fourth-order valence-electron chi connectivity index (χ4n) is 8.74. The Kier molecular flexibility index (Phi) is 19.8. The molecule has 94 heavy (non-hydrogen) atoms. The molecule has 22 nitrogen and oxygen atoms in total. The third-order valence-electron chi connectivity index (χ3n) is 13.5. The van der Waals surface area contributed by atoms with E-state index in [2.05, 4.69) is 45.6 Å². The van der Waals surface area contributed by atoms with E-state index < -0.39 is 68.9 Å². The molecule has 0 aliphatic rings. The molecule has 5 aromatic carbocycles. The van der Waals surface area contributed by atoms with Crippen LogP contribution in [0.2, 0.25) is 5.02 Å². The molecule has 0 saturated heterocycles. The van der Waals surface area contributed by atoms with Crippen LogP contribution < -0.4 is 25.4 Å². The Morgan fingerprint density at radius 1 is 0.628 bits per heavy atom. The normalized spacial score (nSPS) is 11.6. The number of nitrogens with zero attached hydrogens (tertiary/aromatic N) is 6. The molecular weight excluding hydrogens is 1330 g/mol. The van der Waals surface area contributed by atoms with Crippen molar-refractivity contribution in [3.63, 3.8) is 0 Å². The molecule has 12 rings (SSSR count). The smallest absolute Gasteiger partial charge is 0.508 e. The Labute approximate surface area is 540 Å². The number of ether oxygens (including phenoxy) is 2. The van der Waals surface area contributed by atoms with Gasteiger partial charge in [0.2, 0.25) is 35.3 Å². The van der Waals surface area contributed by atoms with E-state index in [-0.39, 0.29) is 61.9 Å². The lowest BCUT2D eigenvalue weighted by molar-refractivity contribution is -0.275. The molecule has 0 unspecified atom stereocenters. The molecule has 0 aliphatic carbocycles. The number of imidazole rings is 1. The number of aromatic hydroxyl groups is 1. The van der Waals surface area contributed by atoms with Crippen LogP contribution in [0.4, 0.5) is 17.6 Å². The molecule has 0 spiro atoms. The summed E-state index contributed by atoms with van der Waals surface area (Å²) in [4.78, 5) is 56.1. The van der Waals surface area contributed by atoms with Gasteiger partial charge in [-0.05, 0) is 119 Å². The summed E-state index contributed by atoms with van der Waals surface area (Å²) >= 11 is 7.07. The van der Waals surface area contributed by atoms with Crippen molar-refractivity contribution in [2.24, 2.45) is 0 Å². The first kappa shape index (κ1) is 66.3. The number of amides is 3. The minimum Gasteiger partial charge on any atom is -0.508 e. The summed E-state index contributed by atoms with van der Waals surface area (Å²) in [5.74, 6) is -2.49. The van der Waals surface area contributed by atoms with E-state index >= 15 is 0 Å². The van der Waals surface area contributed by atoms with Crippen LogP contribution >= 0.6 is 22.9 Å². The van der Waals surface area contributed by atoms with Gasteiger partial charge in [0, 0.05) is 74.5 Å². The average molecular weight is 1380 g/mol. The Hall–Kier alpha value is -10.7. The Balaban J connectivity index is 0.000000154. The molecule has 0 bridgehead atoms. The van der Waals surface area contributed by atoms with Crippen molar-refractivity contribution in [1.29, 1.82) is 0 Å². The fraction of sp³-hybridized carbons (Fsp3) is 0.0794. The number of hydrogen-bond donors (Lipinski definition) is 4.